The summed E-state index contributed by atoms with van der Waals surface area (Å²) in [5.41, 5.74) is 3.09. The van der Waals surface area contributed by atoms with Crippen molar-refractivity contribution >= 4 is 22.8 Å². The van der Waals surface area contributed by atoms with E-state index in [1.165, 1.54) is 10.8 Å². The summed E-state index contributed by atoms with van der Waals surface area (Å²) in [6.45, 7) is 7.46. The molecule has 3 heterocycles. The molecule has 0 fully saturated rings. The van der Waals surface area contributed by atoms with Gasteiger partial charge < -0.3 is 14.2 Å². The molecule has 0 radical (unpaired) electrons. The summed E-state index contributed by atoms with van der Waals surface area (Å²) < 4.78 is 19.3. The van der Waals surface area contributed by atoms with Crippen molar-refractivity contribution in [2.75, 3.05) is 0 Å². The minimum absolute atomic E-state index is 0.0606. The van der Waals surface area contributed by atoms with Gasteiger partial charge in [-0.15, -0.1) is 0 Å². The molecule has 32 heavy (non-hydrogen) atoms. The molecule has 2 aliphatic rings. The summed E-state index contributed by atoms with van der Waals surface area (Å²) >= 11 is 0. The maximum absolute atomic E-state index is 13.0. The lowest BCUT2D eigenvalue weighted by atomic mass is 9.89. The Bertz CT molecular complexity index is 1280. The fraction of sp³-hybridized carbons (Fsp3) is 0.308. The predicted molar refractivity (Wildman–Crippen MR) is 120 cm³/mol. The van der Waals surface area contributed by atoms with Crippen molar-refractivity contribution in [1.29, 1.82) is 0 Å². The Balaban J connectivity index is 1.50. The number of ether oxygens (including phenoxy) is 3. The zero-order valence-electron chi connectivity index (χ0n) is 18.5. The molecule has 0 saturated carbocycles. The van der Waals surface area contributed by atoms with E-state index >= 15 is 0 Å². The first-order valence-electron chi connectivity index (χ1n) is 10.7. The van der Waals surface area contributed by atoms with Crippen molar-refractivity contribution < 1.29 is 23.8 Å². The lowest BCUT2D eigenvalue weighted by molar-refractivity contribution is 0.0531. The lowest BCUT2D eigenvalue weighted by Crippen LogP contribution is -2.34. The molecule has 1 aromatic heterocycles. The van der Waals surface area contributed by atoms with Gasteiger partial charge >= 0.3 is 6.09 Å². The highest BCUT2D eigenvalue weighted by molar-refractivity contribution is 6.12. The fourth-order valence-electron chi connectivity index (χ4n) is 4.28. The predicted octanol–water partition coefficient (Wildman–Crippen LogP) is 5.72. The van der Waals surface area contributed by atoms with E-state index in [0.29, 0.717) is 23.3 Å². The number of aryl methyl sites for hydroxylation is 1. The number of nitrogens with zero attached hydrogens (tertiary/aromatic N) is 1. The second-order valence-electron chi connectivity index (χ2n) is 9.32. The molecule has 6 nitrogen and oxygen atoms in total. The van der Waals surface area contributed by atoms with Crippen LogP contribution in [-0.4, -0.2) is 28.1 Å². The van der Waals surface area contributed by atoms with Crippen molar-refractivity contribution in [1.82, 2.24) is 4.57 Å². The van der Waals surface area contributed by atoms with E-state index < -0.39 is 17.8 Å². The molecule has 2 aromatic carbocycles. The number of Topliss-reactive ketones (excluding diaryl/α,β-unsaturated/α-hetero) is 1. The Morgan fingerprint density at radius 3 is 2.69 bits per heavy atom. The number of aromatic nitrogens is 1. The van der Waals surface area contributed by atoms with Gasteiger partial charge in [-0.1, -0.05) is 29.8 Å². The minimum atomic E-state index is -0.607. The SMILES string of the molecule is Cc1ccc2c(c1)C(=O)C1=CO[C@@H](c3cn(C(=O)OC(C)(C)C)c4ccccc34)C[C@@H]1O2. The molecule has 3 aromatic rings. The lowest BCUT2D eigenvalue weighted by Gasteiger charge is -2.33. The van der Waals surface area contributed by atoms with Gasteiger partial charge in [-0.25, -0.2) is 4.79 Å². The van der Waals surface area contributed by atoms with E-state index in [-0.39, 0.29) is 11.9 Å². The molecule has 0 saturated heterocycles. The zero-order chi connectivity index (χ0) is 22.6. The average molecular weight is 431 g/mol. The topological polar surface area (TPSA) is 66.8 Å². The number of hydrogen-bond acceptors (Lipinski definition) is 5. The number of carbonyl (C=O) groups is 2. The van der Waals surface area contributed by atoms with Crippen molar-refractivity contribution in [2.45, 2.75) is 51.9 Å². The van der Waals surface area contributed by atoms with Crippen LogP contribution in [0.25, 0.3) is 10.9 Å². The molecule has 0 amide bonds. The van der Waals surface area contributed by atoms with Crippen LogP contribution in [-0.2, 0) is 9.47 Å². The molecule has 0 N–H and O–H groups in total. The van der Waals surface area contributed by atoms with Crippen LogP contribution in [0, 0.1) is 6.92 Å². The van der Waals surface area contributed by atoms with Crippen LogP contribution in [0.5, 0.6) is 5.75 Å². The third kappa shape index (κ3) is 3.45. The Labute approximate surface area is 186 Å². The standard InChI is InChI=1S/C26H25NO5/c1-15-9-10-21-17(11-15)24(28)19-14-30-22(12-23(19)31-21)18-13-27(25(29)32-26(2,3)4)20-8-6-5-7-16(18)20/h5-11,13-14,22-23H,12H2,1-4H3/t22-,23+/m1/s1. The molecular formula is C26H25NO5. The summed E-state index contributed by atoms with van der Waals surface area (Å²) in [5, 5.41) is 0.901. The van der Waals surface area contributed by atoms with E-state index in [1.54, 1.807) is 6.20 Å². The smallest absolute Gasteiger partial charge is 0.419 e. The largest absolute Gasteiger partial charge is 0.493 e. The maximum Gasteiger partial charge on any atom is 0.419 e. The van der Waals surface area contributed by atoms with Crippen molar-refractivity contribution in [3.8, 4) is 5.75 Å². The summed E-state index contributed by atoms with van der Waals surface area (Å²) in [6, 6.07) is 13.3. The molecule has 164 valence electrons. The van der Waals surface area contributed by atoms with E-state index in [4.69, 9.17) is 14.2 Å². The summed E-state index contributed by atoms with van der Waals surface area (Å²) in [6.07, 6.45) is 2.54. The third-order valence-corrected chi connectivity index (χ3v) is 5.73. The van der Waals surface area contributed by atoms with E-state index in [2.05, 4.69) is 0 Å². The van der Waals surface area contributed by atoms with E-state index in [1.807, 2.05) is 70.2 Å². The third-order valence-electron chi connectivity index (χ3n) is 5.73. The number of para-hydroxylation sites is 1. The van der Waals surface area contributed by atoms with E-state index in [9.17, 15) is 9.59 Å². The van der Waals surface area contributed by atoms with Crippen LogP contribution >= 0.6 is 0 Å². The fourth-order valence-corrected chi connectivity index (χ4v) is 4.28. The van der Waals surface area contributed by atoms with Crippen molar-refractivity contribution in [3.05, 3.63) is 77.2 Å². The van der Waals surface area contributed by atoms with Gasteiger partial charge in [0.25, 0.3) is 0 Å². The van der Waals surface area contributed by atoms with Gasteiger partial charge in [0.2, 0.25) is 0 Å². The Hall–Kier alpha value is -3.54. The van der Waals surface area contributed by atoms with Crippen LogP contribution in [0.4, 0.5) is 4.79 Å². The number of carbonyl (C=O) groups excluding carboxylic acids is 2. The van der Waals surface area contributed by atoms with Crippen molar-refractivity contribution in [3.63, 3.8) is 0 Å². The van der Waals surface area contributed by atoms with Gasteiger partial charge in [-0.2, -0.15) is 0 Å². The molecule has 0 unspecified atom stereocenters. The Kier molecular flexibility index (Phi) is 4.62. The normalized spacial score (nSPS) is 20.0. The first-order valence-corrected chi connectivity index (χ1v) is 10.7. The van der Waals surface area contributed by atoms with Gasteiger partial charge in [-0.05, 0) is 45.9 Å². The van der Waals surface area contributed by atoms with Gasteiger partial charge in [0.15, 0.2) is 5.78 Å². The maximum atomic E-state index is 13.0. The number of fused-ring (bicyclic) bond motifs is 3. The van der Waals surface area contributed by atoms with Crippen LogP contribution < -0.4 is 4.74 Å². The monoisotopic (exact) mass is 431 g/mol. The Morgan fingerprint density at radius 1 is 1.12 bits per heavy atom. The second kappa shape index (κ2) is 7.26. The van der Waals surface area contributed by atoms with E-state index in [0.717, 1.165) is 22.0 Å². The summed E-state index contributed by atoms with van der Waals surface area (Å²) in [5.74, 6) is 0.536. The van der Waals surface area contributed by atoms with Gasteiger partial charge in [0, 0.05) is 23.6 Å². The highest BCUT2D eigenvalue weighted by atomic mass is 16.6. The summed E-state index contributed by atoms with van der Waals surface area (Å²) in [4.78, 5) is 25.8. The molecule has 2 aliphatic heterocycles. The van der Waals surface area contributed by atoms with Gasteiger partial charge in [0.1, 0.15) is 23.6 Å². The molecule has 0 bridgehead atoms. The van der Waals surface area contributed by atoms with Crippen LogP contribution in [0.1, 0.15) is 54.8 Å². The quantitative estimate of drug-likeness (QED) is 0.493. The van der Waals surface area contributed by atoms with Crippen LogP contribution in [0.2, 0.25) is 0 Å². The molecule has 0 spiro atoms. The zero-order valence-corrected chi connectivity index (χ0v) is 18.5. The highest BCUT2D eigenvalue weighted by Gasteiger charge is 2.38. The molecular weight excluding hydrogens is 406 g/mol. The summed E-state index contributed by atoms with van der Waals surface area (Å²) in [7, 11) is 0. The number of ketones is 1. The first-order chi connectivity index (χ1) is 15.2. The minimum Gasteiger partial charge on any atom is -0.493 e. The average Bonchev–Trinajstić information content (AvgIpc) is 3.13. The first kappa shape index (κ1) is 20.4. The van der Waals surface area contributed by atoms with Gasteiger partial charge in [-0.3, -0.25) is 9.36 Å². The van der Waals surface area contributed by atoms with Crippen LogP contribution in [0.3, 0.4) is 0 Å². The molecule has 5 rings (SSSR count). The highest BCUT2D eigenvalue weighted by Crippen LogP contribution is 2.41. The number of benzene rings is 2. The molecule has 6 heteroatoms. The second-order valence-corrected chi connectivity index (χ2v) is 9.32. The van der Waals surface area contributed by atoms with Crippen molar-refractivity contribution in [2.24, 2.45) is 0 Å². The van der Waals surface area contributed by atoms with Crippen LogP contribution in [0.15, 0.2) is 60.5 Å². The number of hydrogen-bond donors (Lipinski definition) is 0. The molecule has 2 atom stereocenters. The molecule has 0 aliphatic carbocycles. The Morgan fingerprint density at radius 2 is 1.91 bits per heavy atom. The van der Waals surface area contributed by atoms with Gasteiger partial charge in [0.05, 0.1) is 22.9 Å². The number of rotatable bonds is 1.